The van der Waals surface area contributed by atoms with E-state index in [9.17, 15) is 26.3 Å². The number of halogens is 7. The predicted octanol–water partition coefficient (Wildman–Crippen LogP) is 5.40. The molecule has 0 aliphatic heterocycles. The van der Waals surface area contributed by atoms with Gasteiger partial charge in [-0.05, 0) is 38.3 Å². The summed E-state index contributed by atoms with van der Waals surface area (Å²) in [6.45, 7) is 0. The van der Waals surface area contributed by atoms with Gasteiger partial charge in [-0.1, -0.05) is 12.1 Å². The van der Waals surface area contributed by atoms with Gasteiger partial charge in [0.1, 0.15) is 0 Å². The van der Waals surface area contributed by atoms with Crippen LogP contribution in [0.3, 0.4) is 0 Å². The SMILES string of the molecule is NC(c1csc2c(Br)cccc12)C(C(F)(F)F)C(F)(F)F. The monoisotopic (exact) mass is 391 g/mol. The van der Waals surface area contributed by atoms with E-state index in [-0.39, 0.29) is 5.56 Å². The van der Waals surface area contributed by atoms with Crippen LogP contribution in [0.25, 0.3) is 10.1 Å². The number of nitrogens with two attached hydrogens (primary N) is 1. The number of benzene rings is 1. The first-order valence-electron chi connectivity index (χ1n) is 5.58. The minimum atomic E-state index is -5.46. The summed E-state index contributed by atoms with van der Waals surface area (Å²) >= 11 is 4.25. The lowest BCUT2D eigenvalue weighted by atomic mass is 9.92. The molecule has 0 aliphatic carbocycles. The lowest BCUT2D eigenvalue weighted by molar-refractivity contribution is -0.290. The number of fused-ring (bicyclic) bond motifs is 1. The van der Waals surface area contributed by atoms with E-state index >= 15 is 0 Å². The summed E-state index contributed by atoms with van der Waals surface area (Å²) in [5.74, 6) is -3.60. The molecular weight excluding hydrogens is 384 g/mol. The van der Waals surface area contributed by atoms with Gasteiger partial charge in [0, 0.05) is 9.17 Å². The zero-order valence-electron chi connectivity index (χ0n) is 10.1. The molecule has 0 radical (unpaired) electrons. The maximum absolute atomic E-state index is 12.7. The van der Waals surface area contributed by atoms with Crippen molar-refractivity contribution in [2.45, 2.75) is 18.4 Å². The quantitative estimate of drug-likeness (QED) is 0.681. The van der Waals surface area contributed by atoms with Crippen molar-refractivity contribution in [2.24, 2.45) is 11.7 Å². The van der Waals surface area contributed by atoms with Crippen LogP contribution in [0.2, 0.25) is 0 Å². The van der Waals surface area contributed by atoms with Crippen molar-refractivity contribution in [3.05, 3.63) is 33.6 Å². The Balaban J connectivity index is 2.54. The van der Waals surface area contributed by atoms with Crippen LogP contribution in [0.5, 0.6) is 0 Å². The Morgan fingerprint density at radius 2 is 1.62 bits per heavy atom. The van der Waals surface area contributed by atoms with E-state index in [4.69, 9.17) is 5.73 Å². The summed E-state index contributed by atoms with van der Waals surface area (Å²) in [5.41, 5.74) is 5.17. The normalized spacial score (nSPS) is 14.9. The summed E-state index contributed by atoms with van der Waals surface area (Å²) in [6, 6.07) is 2.44. The maximum Gasteiger partial charge on any atom is 0.402 e. The highest BCUT2D eigenvalue weighted by atomic mass is 79.9. The lowest BCUT2D eigenvalue weighted by Crippen LogP contribution is -2.43. The summed E-state index contributed by atoms with van der Waals surface area (Å²) in [5, 5.41) is 1.53. The van der Waals surface area contributed by atoms with Gasteiger partial charge in [0.05, 0.1) is 6.04 Å². The van der Waals surface area contributed by atoms with Crippen LogP contribution < -0.4 is 5.73 Å². The molecule has 0 spiro atoms. The van der Waals surface area contributed by atoms with Gasteiger partial charge in [-0.15, -0.1) is 11.3 Å². The molecule has 2 N–H and O–H groups in total. The zero-order chi connectivity index (χ0) is 16.0. The van der Waals surface area contributed by atoms with Crippen LogP contribution in [0, 0.1) is 5.92 Å². The second-order valence-corrected chi connectivity index (χ2v) is 6.13. The van der Waals surface area contributed by atoms with Gasteiger partial charge in [-0.2, -0.15) is 26.3 Å². The summed E-state index contributed by atoms with van der Waals surface area (Å²) in [7, 11) is 0. The smallest absolute Gasteiger partial charge is 0.323 e. The molecule has 2 rings (SSSR count). The van der Waals surface area contributed by atoms with Crippen molar-refractivity contribution >= 4 is 37.4 Å². The third-order valence-corrected chi connectivity index (χ3v) is 4.98. The van der Waals surface area contributed by atoms with E-state index in [1.165, 1.54) is 17.5 Å². The molecule has 0 saturated carbocycles. The summed E-state index contributed by atoms with van der Waals surface area (Å²) < 4.78 is 77.5. The molecule has 1 aromatic carbocycles. The average molecular weight is 392 g/mol. The molecule has 2 aromatic rings. The fraction of sp³-hybridized carbons (Fsp3) is 0.333. The highest BCUT2D eigenvalue weighted by molar-refractivity contribution is 9.10. The largest absolute Gasteiger partial charge is 0.402 e. The average Bonchev–Trinajstić information content (AvgIpc) is 2.69. The molecule has 1 atom stereocenters. The fourth-order valence-corrected chi connectivity index (χ4v) is 3.74. The van der Waals surface area contributed by atoms with Crippen LogP contribution in [-0.2, 0) is 0 Å². The second kappa shape index (κ2) is 5.44. The van der Waals surface area contributed by atoms with Crippen molar-refractivity contribution in [2.75, 3.05) is 0 Å². The van der Waals surface area contributed by atoms with Gasteiger partial charge < -0.3 is 5.73 Å². The lowest BCUT2D eigenvalue weighted by Gasteiger charge is -2.28. The molecule has 0 aliphatic rings. The van der Waals surface area contributed by atoms with Crippen LogP contribution in [0.15, 0.2) is 28.1 Å². The number of hydrogen-bond acceptors (Lipinski definition) is 2. The highest BCUT2D eigenvalue weighted by Crippen LogP contribution is 2.47. The Kier molecular flexibility index (Phi) is 4.29. The minimum Gasteiger partial charge on any atom is -0.323 e. The van der Waals surface area contributed by atoms with Crippen LogP contribution in [0.1, 0.15) is 11.6 Å². The molecule has 0 amide bonds. The van der Waals surface area contributed by atoms with Crippen molar-refractivity contribution in [3.8, 4) is 0 Å². The van der Waals surface area contributed by atoms with Crippen LogP contribution >= 0.6 is 27.3 Å². The Morgan fingerprint density at radius 1 is 1.05 bits per heavy atom. The highest BCUT2D eigenvalue weighted by Gasteiger charge is 2.59. The molecule has 0 saturated heterocycles. The van der Waals surface area contributed by atoms with E-state index < -0.39 is 24.3 Å². The van der Waals surface area contributed by atoms with Crippen molar-refractivity contribution in [3.63, 3.8) is 0 Å². The molecule has 9 heteroatoms. The Hall–Kier alpha value is -0.800. The molecule has 0 fully saturated rings. The molecular formula is C12H8BrF6NS. The van der Waals surface area contributed by atoms with Crippen molar-refractivity contribution < 1.29 is 26.3 Å². The number of hydrogen-bond donors (Lipinski definition) is 1. The standard InChI is InChI=1S/C12H8BrF6NS/c13-7-3-1-2-5-6(4-21-9(5)7)8(20)10(11(14,15)16)12(17,18)19/h1-4,8,10H,20H2. The zero-order valence-corrected chi connectivity index (χ0v) is 12.5. The summed E-state index contributed by atoms with van der Waals surface area (Å²) in [6.07, 6.45) is -10.9. The molecule has 21 heavy (non-hydrogen) atoms. The Labute approximate surface area is 127 Å². The predicted molar refractivity (Wildman–Crippen MR) is 72.1 cm³/mol. The minimum absolute atomic E-state index is 0.157. The topological polar surface area (TPSA) is 26.0 Å². The third kappa shape index (κ3) is 3.19. The van der Waals surface area contributed by atoms with Gasteiger partial charge in [0.15, 0.2) is 5.92 Å². The fourth-order valence-electron chi connectivity index (χ4n) is 2.07. The second-order valence-electron chi connectivity index (χ2n) is 4.39. The molecule has 1 aromatic heterocycles. The van der Waals surface area contributed by atoms with E-state index in [1.807, 2.05) is 0 Å². The van der Waals surface area contributed by atoms with Gasteiger partial charge in [0.2, 0.25) is 0 Å². The van der Waals surface area contributed by atoms with E-state index in [0.29, 0.717) is 14.6 Å². The molecule has 1 nitrogen and oxygen atoms in total. The molecule has 1 unspecified atom stereocenters. The van der Waals surface area contributed by atoms with Gasteiger partial charge >= 0.3 is 12.4 Å². The first-order chi connectivity index (χ1) is 9.53. The Bertz CT molecular complexity index is 633. The Morgan fingerprint density at radius 3 is 2.14 bits per heavy atom. The van der Waals surface area contributed by atoms with Gasteiger partial charge in [-0.25, -0.2) is 0 Å². The van der Waals surface area contributed by atoms with Gasteiger partial charge in [0.25, 0.3) is 0 Å². The van der Waals surface area contributed by atoms with Crippen molar-refractivity contribution in [1.82, 2.24) is 0 Å². The maximum atomic E-state index is 12.7. The number of rotatable bonds is 2. The van der Waals surface area contributed by atoms with E-state index in [1.54, 1.807) is 6.07 Å². The molecule has 116 valence electrons. The van der Waals surface area contributed by atoms with Crippen LogP contribution in [-0.4, -0.2) is 12.4 Å². The van der Waals surface area contributed by atoms with Crippen molar-refractivity contribution in [1.29, 1.82) is 0 Å². The van der Waals surface area contributed by atoms with E-state index in [0.717, 1.165) is 11.3 Å². The third-order valence-electron chi connectivity index (χ3n) is 3.01. The molecule has 1 heterocycles. The first-order valence-corrected chi connectivity index (χ1v) is 7.25. The number of thiophene rings is 1. The first kappa shape index (κ1) is 16.6. The number of alkyl halides is 6. The summed E-state index contributed by atoms with van der Waals surface area (Å²) in [4.78, 5) is 0. The van der Waals surface area contributed by atoms with Crippen LogP contribution in [0.4, 0.5) is 26.3 Å². The van der Waals surface area contributed by atoms with Gasteiger partial charge in [-0.3, -0.25) is 0 Å². The molecule has 0 bridgehead atoms. The van der Waals surface area contributed by atoms with E-state index in [2.05, 4.69) is 15.9 Å².